The summed E-state index contributed by atoms with van der Waals surface area (Å²) in [5.74, 6) is -1.23. The van der Waals surface area contributed by atoms with Crippen molar-refractivity contribution >= 4 is 11.8 Å². The lowest BCUT2D eigenvalue weighted by molar-refractivity contribution is -0.145. The Hall–Kier alpha value is -1.83. The average molecular weight is 290 g/mol. The van der Waals surface area contributed by atoms with Gasteiger partial charge < -0.3 is 15.2 Å². The first-order valence-electron chi connectivity index (χ1n) is 5.97. The van der Waals surface area contributed by atoms with E-state index in [1.165, 1.54) is 12.1 Å². The maximum absolute atomic E-state index is 12.6. The van der Waals surface area contributed by atoms with Crippen LogP contribution in [0.5, 0.6) is 0 Å². The van der Waals surface area contributed by atoms with Crippen LogP contribution in [0.3, 0.4) is 0 Å². The van der Waals surface area contributed by atoms with E-state index in [-0.39, 0.29) is 31.9 Å². The van der Waals surface area contributed by atoms with E-state index in [0.717, 1.165) is 6.07 Å². The number of hydrogen-bond acceptors (Lipinski definition) is 4. The molecule has 1 fully saturated rings. The van der Waals surface area contributed by atoms with Gasteiger partial charge in [0.15, 0.2) is 0 Å². The molecular formula is C12H13F3N2O3. The number of hydrogen-bond donors (Lipinski definition) is 2. The third kappa shape index (κ3) is 3.01. The van der Waals surface area contributed by atoms with Crippen molar-refractivity contribution in [3.63, 3.8) is 0 Å². The Balaban J connectivity index is 2.25. The smallest absolute Gasteiger partial charge is 0.433 e. The normalized spacial score (nSPS) is 18.6. The molecule has 0 aromatic carbocycles. The molecular weight excluding hydrogens is 277 g/mol. The number of ether oxygens (including phenoxy) is 1. The van der Waals surface area contributed by atoms with Gasteiger partial charge in [0, 0.05) is 26.1 Å². The van der Waals surface area contributed by atoms with Gasteiger partial charge in [-0.25, -0.2) is 9.78 Å². The highest BCUT2D eigenvalue weighted by atomic mass is 19.4. The van der Waals surface area contributed by atoms with Crippen LogP contribution in [-0.2, 0) is 15.7 Å². The Morgan fingerprint density at radius 3 is 2.55 bits per heavy atom. The molecule has 8 heteroatoms. The minimum Gasteiger partial charge on any atom is -0.480 e. The van der Waals surface area contributed by atoms with Crippen LogP contribution in [0.15, 0.2) is 18.2 Å². The summed E-state index contributed by atoms with van der Waals surface area (Å²) >= 11 is 0. The van der Waals surface area contributed by atoms with Gasteiger partial charge in [-0.3, -0.25) is 0 Å². The summed E-state index contributed by atoms with van der Waals surface area (Å²) in [5.41, 5.74) is -2.40. The zero-order valence-electron chi connectivity index (χ0n) is 10.4. The standard InChI is InChI=1S/C12H13F3N2O3/c13-12(14,15)8-2-1-3-9(16-8)17-11(10(18)19)4-6-20-7-5-11/h1-3H,4-7H2,(H,16,17)(H,18,19). The molecule has 0 radical (unpaired) electrons. The van der Waals surface area contributed by atoms with Crippen molar-refractivity contribution in [1.82, 2.24) is 4.98 Å². The first kappa shape index (κ1) is 14.6. The van der Waals surface area contributed by atoms with Gasteiger partial charge in [-0.1, -0.05) is 6.07 Å². The summed E-state index contributed by atoms with van der Waals surface area (Å²) < 4.78 is 42.8. The molecule has 0 amide bonds. The third-order valence-corrected chi connectivity index (χ3v) is 3.16. The summed E-state index contributed by atoms with van der Waals surface area (Å²) in [7, 11) is 0. The van der Waals surface area contributed by atoms with E-state index < -0.39 is 23.4 Å². The molecule has 0 bridgehead atoms. The molecule has 2 N–H and O–H groups in total. The van der Waals surface area contributed by atoms with Crippen molar-refractivity contribution in [2.45, 2.75) is 24.6 Å². The second-order valence-electron chi connectivity index (χ2n) is 4.53. The predicted octanol–water partition coefficient (Wildman–Crippen LogP) is 2.15. The van der Waals surface area contributed by atoms with Crippen LogP contribution in [0.1, 0.15) is 18.5 Å². The second-order valence-corrected chi connectivity index (χ2v) is 4.53. The van der Waals surface area contributed by atoms with Crippen LogP contribution in [-0.4, -0.2) is 34.8 Å². The Bertz CT molecular complexity index is 499. The molecule has 0 atom stereocenters. The molecule has 110 valence electrons. The van der Waals surface area contributed by atoms with Crippen molar-refractivity contribution in [3.8, 4) is 0 Å². The third-order valence-electron chi connectivity index (χ3n) is 3.16. The fraction of sp³-hybridized carbons (Fsp3) is 0.500. The lowest BCUT2D eigenvalue weighted by Crippen LogP contribution is -2.50. The zero-order chi connectivity index (χ0) is 14.8. The van der Waals surface area contributed by atoms with Gasteiger partial charge in [0.25, 0.3) is 0 Å². The minimum atomic E-state index is -4.57. The van der Waals surface area contributed by atoms with Gasteiger partial charge in [-0.05, 0) is 12.1 Å². The summed E-state index contributed by atoms with van der Waals surface area (Å²) in [5, 5.41) is 11.9. The summed E-state index contributed by atoms with van der Waals surface area (Å²) in [6, 6.07) is 3.34. The van der Waals surface area contributed by atoms with Gasteiger partial charge in [-0.15, -0.1) is 0 Å². The SMILES string of the molecule is O=C(O)C1(Nc2cccc(C(F)(F)F)n2)CCOCC1. The molecule has 0 aliphatic carbocycles. The van der Waals surface area contributed by atoms with E-state index in [0.29, 0.717) is 0 Å². The number of carboxylic acid groups (broad SMARTS) is 1. The Morgan fingerprint density at radius 1 is 1.35 bits per heavy atom. The fourth-order valence-electron chi connectivity index (χ4n) is 2.02. The number of nitrogens with zero attached hydrogens (tertiary/aromatic N) is 1. The lowest BCUT2D eigenvalue weighted by Gasteiger charge is -2.34. The number of carboxylic acids is 1. The van der Waals surface area contributed by atoms with E-state index >= 15 is 0 Å². The highest BCUT2D eigenvalue weighted by Gasteiger charge is 2.41. The maximum Gasteiger partial charge on any atom is 0.433 e. The first-order valence-corrected chi connectivity index (χ1v) is 5.97. The average Bonchev–Trinajstić information content (AvgIpc) is 2.39. The van der Waals surface area contributed by atoms with Gasteiger partial charge in [-0.2, -0.15) is 13.2 Å². The molecule has 0 spiro atoms. The van der Waals surface area contributed by atoms with Crippen LogP contribution in [0.2, 0.25) is 0 Å². The molecule has 0 unspecified atom stereocenters. The number of nitrogens with one attached hydrogen (secondary N) is 1. The van der Waals surface area contributed by atoms with Crippen molar-refractivity contribution in [2.24, 2.45) is 0 Å². The topological polar surface area (TPSA) is 71.5 Å². The lowest BCUT2D eigenvalue weighted by atomic mass is 9.90. The van der Waals surface area contributed by atoms with Crippen molar-refractivity contribution in [2.75, 3.05) is 18.5 Å². The molecule has 20 heavy (non-hydrogen) atoms. The van der Waals surface area contributed by atoms with E-state index in [1.54, 1.807) is 0 Å². The fourth-order valence-corrected chi connectivity index (χ4v) is 2.02. The predicted molar refractivity (Wildman–Crippen MR) is 63.3 cm³/mol. The Labute approximate surface area is 112 Å². The van der Waals surface area contributed by atoms with Crippen molar-refractivity contribution in [1.29, 1.82) is 0 Å². The molecule has 1 aliphatic heterocycles. The molecule has 5 nitrogen and oxygen atoms in total. The summed E-state index contributed by atoms with van der Waals surface area (Å²) in [4.78, 5) is 14.8. The largest absolute Gasteiger partial charge is 0.480 e. The highest BCUT2D eigenvalue weighted by Crippen LogP contribution is 2.30. The monoisotopic (exact) mass is 290 g/mol. The quantitative estimate of drug-likeness (QED) is 0.892. The zero-order valence-corrected chi connectivity index (χ0v) is 10.4. The number of halogens is 3. The van der Waals surface area contributed by atoms with Gasteiger partial charge in [0.2, 0.25) is 0 Å². The van der Waals surface area contributed by atoms with Gasteiger partial charge in [0.1, 0.15) is 17.1 Å². The number of alkyl halides is 3. The second kappa shape index (κ2) is 5.28. The number of carbonyl (C=O) groups is 1. The van der Waals surface area contributed by atoms with Crippen molar-refractivity contribution < 1.29 is 27.8 Å². The summed E-state index contributed by atoms with van der Waals surface area (Å²) in [6.07, 6.45) is -4.23. The Kier molecular flexibility index (Phi) is 3.85. The molecule has 0 saturated carbocycles. The van der Waals surface area contributed by atoms with Crippen LogP contribution < -0.4 is 5.32 Å². The van der Waals surface area contributed by atoms with E-state index in [2.05, 4.69) is 10.3 Å². The van der Waals surface area contributed by atoms with Crippen molar-refractivity contribution in [3.05, 3.63) is 23.9 Å². The number of rotatable bonds is 3. The molecule has 1 aromatic rings. The van der Waals surface area contributed by atoms with Crippen LogP contribution in [0.25, 0.3) is 0 Å². The van der Waals surface area contributed by atoms with Crippen LogP contribution >= 0.6 is 0 Å². The molecule has 2 rings (SSSR count). The van der Waals surface area contributed by atoms with Crippen LogP contribution in [0.4, 0.5) is 19.0 Å². The Morgan fingerprint density at radius 2 is 2.00 bits per heavy atom. The molecule has 1 saturated heterocycles. The summed E-state index contributed by atoms with van der Waals surface area (Å²) in [6.45, 7) is 0.469. The van der Waals surface area contributed by atoms with E-state index in [1.807, 2.05) is 0 Å². The maximum atomic E-state index is 12.6. The van der Waals surface area contributed by atoms with Crippen LogP contribution in [0, 0.1) is 0 Å². The van der Waals surface area contributed by atoms with Gasteiger partial charge >= 0.3 is 12.1 Å². The minimum absolute atomic E-state index is 0.107. The number of pyridine rings is 1. The van der Waals surface area contributed by atoms with E-state index in [4.69, 9.17) is 4.74 Å². The molecule has 1 aromatic heterocycles. The molecule has 1 aliphatic rings. The van der Waals surface area contributed by atoms with E-state index in [9.17, 15) is 23.1 Å². The van der Waals surface area contributed by atoms with Gasteiger partial charge in [0.05, 0.1) is 0 Å². The molecule has 2 heterocycles. The number of aliphatic carboxylic acids is 1. The first-order chi connectivity index (χ1) is 9.33. The highest BCUT2D eigenvalue weighted by molar-refractivity contribution is 5.82. The number of aromatic nitrogens is 1. The number of anilines is 1.